The maximum absolute atomic E-state index is 10.6. The van der Waals surface area contributed by atoms with Crippen LogP contribution in [-0.4, -0.2) is 14.4 Å². The van der Waals surface area contributed by atoms with Crippen LogP contribution in [0.4, 0.5) is 0 Å². The Bertz CT molecular complexity index is 196. The van der Waals surface area contributed by atoms with Crippen LogP contribution < -0.4 is 0 Å². The van der Waals surface area contributed by atoms with E-state index >= 15 is 0 Å². The van der Waals surface area contributed by atoms with Gasteiger partial charge in [-0.15, -0.1) is 0 Å². The molecule has 4 heteroatoms. The Kier molecular flexibility index (Phi) is 1.48. The minimum absolute atomic E-state index is 0.158. The molecule has 3 nitrogen and oxygen atoms in total. The fourth-order valence-corrected chi connectivity index (χ4v) is 1.78. The Labute approximate surface area is 54.9 Å². The van der Waals surface area contributed by atoms with E-state index in [2.05, 4.69) is 0 Å². The molecule has 9 heavy (non-hydrogen) atoms. The van der Waals surface area contributed by atoms with Gasteiger partial charge in [-0.3, -0.25) is 9.59 Å². The molecule has 0 aromatic carbocycles. The third kappa shape index (κ3) is 0.941. The van der Waals surface area contributed by atoms with Gasteiger partial charge in [-0.2, -0.15) is 0 Å². The molecule has 2 atom stereocenters. The summed E-state index contributed by atoms with van der Waals surface area (Å²) >= 11 is 0. The van der Waals surface area contributed by atoms with Gasteiger partial charge in [-0.25, -0.2) is 4.21 Å². The van der Waals surface area contributed by atoms with Crippen molar-refractivity contribution < 1.29 is 13.8 Å². The third-order valence-corrected chi connectivity index (χ3v) is 2.61. The van der Waals surface area contributed by atoms with Gasteiger partial charge in [0.2, 0.25) is 10.2 Å². The molecule has 1 aliphatic heterocycles. The molecule has 50 valence electrons. The van der Waals surface area contributed by atoms with Crippen LogP contribution in [0.1, 0.15) is 13.3 Å². The molecule has 0 spiro atoms. The van der Waals surface area contributed by atoms with Crippen LogP contribution >= 0.6 is 0 Å². The average Bonchev–Trinajstić information content (AvgIpc) is 1.98. The van der Waals surface area contributed by atoms with E-state index in [0.29, 0.717) is 0 Å². The zero-order valence-corrected chi connectivity index (χ0v) is 5.73. The van der Waals surface area contributed by atoms with E-state index < -0.39 is 21.0 Å². The molecule has 1 heterocycles. The first-order chi connectivity index (χ1) is 4.13. The summed E-state index contributed by atoms with van der Waals surface area (Å²) in [6.45, 7) is 1.62. The van der Waals surface area contributed by atoms with Crippen molar-refractivity contribution in [3.05, 3.63) is 0 Å². The second-order valence-corrected chi connectivity index (χ2v) is 3.46. The highest BCUT2D eigenvalue weighted by atomic mass is 32.2. The fraction of sp³-hybridized carbons (Fsp3) is 0.600. The first kappa shape index (κ1) is 6.61. The maximum atomic E-state index is 10.6. The van der Waals surface area contributed by atoms with Gasteiger partial charge in [0.05, 0.1) is 0 Å². The van der Waals surface area contributed by atoms with Crippen molar-refractivity contribution in [2.45, 2.75) is 13.3 Å². The topological polar surface area (TPSA) is 51.2 Å². The zero-order valence-electron chi connectivity index (χ0n) is 4.92. The van der Waals surface area contributed by atoms with Crippen molar-refractivity contribution in [1.82, 2.24) is 0 Å². The summed E-state index contributed by atoms with van der Waals surface area (Å²) in [6, 6.07) is 0. The molecule has 0 aromatic rings. The molecule has 0 saturated carbocycles. The lowest BCUT2D eigenvalue weighted by molar-refractivity contribution is -0.115. The summed E-state index contributed by atoms with van der Waals surface area (Å²) < 4.78 is 10.5. The Hall–Kier alpha value is -0.510. The first-order valence-electron chi connectivity index (χ1n) is 2.61. The summed E-state index contributed by atoms with van der Waals surface area (Å²) in [6.07, 6.45) is 0.158. The Balaban J connectivity index is 2.90. The lowest BCUT2D eigenvalue weighted by Crippen LogP contribution is -2.06. The number of carbonyl (C=O) groups excluding carboxylic acids is 2. The van der Waals surface area contributed by atoms with E-state index in [4.69, 9.17) is 0 Å². The molecule has 1 aliphatic rings. The minimum atomic E-state index is -1.82. The van der Waals surface area contributed by atoms with Crippen LogP contribution in [0.5, 0.6) is 0 Å². The Morgan fingerprint density at radius 1 is 1.56 bits per heavy atom. The van der Waals surface area contributed by atoms with Crippen LogP contribution in [0.15, 0.2) is 0 Å². The van der Waals surface area contributed by atoms with Gasteiger partial charge in [0, 0.05) is 12.3 Å². The molecule has 0 radical (unpaired) electrons. The molecule has 0 bridgehead atoms. The molecule has 0 aliphatic carbocycles. The van der Waals surface area contributed by atoms with E-state index in [1.807, 2.05) is 0 Å². The smallest absolute Gasteiger partial charge is 0.229 e. The molecular formula is C5H6O3S. The molecule has 0 unspecified atom stereocenters. The lowest BCUT2D eigenvalue weighted by Gasteiger charge is -1.87. The lowest BCUT2D eigenvalue weighted by atomic mass is 10.1. The van der Waals surface area contributed by atoms with Gasteiger partial charge in [0.1, 0.15) is 0 Å². The number of carbonyl (C=O) groups is 2. The van der Waals surface area contributed by atoms with Crippen LogP contribution in [0.3, 0.4) is 0 Å². The number of hydrogen-bond donors (Lipinski definition) is 0. The molecule has 0 N–H and O–H groups in total. The van der Waals surface area contributed by atoms with Gasteiger partial charge in [0.15, 0.2) is 10.8 Å². The van der Waals surface area contributed by atoms with Crippen molar-refractivity contribution in [2.75, 3.05) is 0 Å². The number of rotatable bonds is 0. The fourth-order valence-electron chi connectivity index (χ4n) is 0.704. The van der Waals surface area contributed by atoms with Crippen LogP contribution in [0.25, 0.3) is 0 Å². The Morgan fingerprint density at radius 3 is 2.22 bits per heavy atom. The largest absolute Gasteiger partial charge is 0.284 e. The minimum Gasteiger partial charge on any atom is -0.284 e. The highest BCUT2D eigenvalue weighted by molar-refractivity contribution is 8.14. The highest BCUT2D eigenvalue weighted by Gasteiger charge is 2.35. The molecule has 0 amide bonds. The molecule has 0 aromatic heterocycles. The summed E-state index contributed by atoms with van der Waals surface area (Å²) in [5.41, 5.74) is 0. The SMILES string of the molecule is C[C@@H]1CC(=O)[S@@](=O)C1=O. The molecular weight excluding hydrogens is 140 g/mol. The second-order valence-electron chi connectivity index (χ2n) is 2.06. The quantitative estimate of drug-likeness (QED) is 0.476. The van der Waals surface area contributed by atoms with Crippen molar-refractivity contribution >= 4 is 21.0 Å². The van der Waals surface area contributed by atoms with Gasteiger partial charge >= 0.3 is 0 Å². The van der Waals surface area contributed by atoms with E-state index in [1.165, 1.54) is 0 Å². The van der Waals surface area contributed by atoms with Crippen molar-refractivity contribution in [3.63, 3.8) is 0 Å². The predicted octanol–water partition coefficient (Wildman–Crippen LogP) is -0.172. The molecule has 1 rings (SSSR count). The van der Waals surface area contributed by atoms with Crippen molar-refractivity contribution in [1.29, 1.82) is 0 Å². The van der Waals surface area contributed by atoms with Gasteiger partial charge in [0.25, 0.3) is 0 Å². The van der Waals surface area contributed by atoms with E-state index in [9.17, 15) is 13.8 Å². The summed E-state index contributed by atoms with van der Waals surface area (Å²) in [4.78, 5) is 21.1. The third-order valence-electron chi connectivity index (χ3n) is 1.26. The van der Waals surface area contributed by atoms with Crippen LogP contribution in [0, 0.1) is 5.92 Å². The standard InChI is InChI=1S/C5H6O3S/c1-3-2-4(6)9(8)5(3)7/h3H,2H2,1H3/t3-,9-/m1/s1. The second kappa shape index (κ2) is 2.02. The van der Waals surface area contributed by atoms with Gasteiger partial charge in [-0.1, -0.05) is 6.92 Å². The van der Waals surface area contributed by atoms with Gasteiger partial charge in [-0.05, 0) is 0 Å². The summed E-state index contributed by atoms with van der Waals surface area (Å²) in [5.74, 6) is -0.321. The molecule has 1 fully saturated rings. The Morgan fingerprint density at radius 2 is 2.11 bits per heavy atom. The van der Waals surface area contributed by atoms with E-state index in [1.54, 1.807) is 6.92 Å². The predicted molar refractivity (Wildman–Crippen MR) is 31.9 cm³/mol. The van der Waals surface area contributed by atoms with Crippen molar-refractivity contribution in [3.8, 4) is 0 Å². The first-order valence-corrected chi connectivity index (χ1v) is 3.76. The van der Waals surface area contributed by atoms with Crippen LogP contribution in [0.2, 0.25) is 0 Å². The van der Waals surface area contributed by atoms with E-state index in [-0.39, 0.29) is 12.3 Å². The highest BCUT2D eigenvalue weighted by Crippen LogP contribution is 2.17. The maximum Gasteiger partial charge on any atom is 0.229 e. The normalized spacial score (nSPS) is 35.7. The number of hydrogen-bond acceptors (Lipinski definition) is 3. The van der Waals surface area contributed by atoms with Gasteiger partial charge < -0.3 is 0 Å². The van der Waals surface area contributed by atoms with E-state index in [0.717, 1.165) is 0 Å². The van der Waals surface area contributed by atoms with Crippen molar-refractivity contribution in [2.24, 2.45) is 5.92 Å². The monoisotopic (exact) mass is 146 g/mol. The molecule has 1 saturated heterocycles. The van der Waals surface area contributed by atoms with Crippen LogP contribution in [-0.2, 0) is 20.4 Å². The summed E-state index contributed by atoms with van der Waals surface area (Å²) in [5, 5.41) is -0.840. The zero-order chi connectivity index (χ0) is 7.02. The summed E-state index contributed by atoms with van der Waals surface area (Å²) in [7, 11) is -1.82. The average molecular weight is 146 g/mol.